The SMILES string of the molecule is CCCCCCOc1ccc(NC(=O)c2ccc(Br)cc2)cc1. The average Bonchev–Trinajstić information content (AvgIpc) is 2.57. The third-order valence-electron chi connectivity index (χ3n) is 3.49. The molecule has 23 heavy (non-hydrogen) atoms. The highest BCUT2D eigenvalue weighted by atomic mass is 79.9. The maximum absolute atomic E-state index is 12.1. The summed E-state index contributed by atoms with van der Waals surface area (Å²) < 4.78 is 6.65. The van der Waals surface area contributed by atoms with Crippen LogP contribution in [0.15, 0.2) is 53.0 Å². The molecule has 3 nitrogen and oxygen atoms in total. The first-order chi connectivity index (χ1) is 11.2. The molecule has 0 heterocycles. The number of hydrogen-bond donors (Lipinski definition) is 1. The van der Waals surface area contributed by atoms with Crippen LogP contribution in [0.2, 0.25) is 0 Å². The summed E-state index contributed by atoms with van der Waals surface area (Å²) in [4.78, 5) is 12.1. The van der Waals surface area contributed by atoms with Crippen molar-refractivity contribution in [1.82, 2.24) is 0 Å². The summed E-state index contributed by atoms with van der Waals surface area (Å²) >= 11 is 3.36. The lowest BCUT2D eigenvalue weighted by molar-refractivity contribution is 0.102. The van der Waals surface area contributed by atoms with Gasteiger partial charge in [-0.05, 0) is 55.0 Å². The van der Waals surface area contributed by atoms with Gasteiger partial charge in [-0.3, -0.25) is 4.79 Å². The van der Waals surface area contributed by atoms with Crippen molar-refractivity contribution in [2.75, 3.05) is 11.9 Å². The van der Waals surface area contributed by atoms with Gasteiger partial charge >= 0.3 is 0 Å². The Morgan fingerprint density at radius 3 is 2.35 bits per heavy atom. The smallest absolute Gasteiger partial charge is 0.255 e. The predicted octanol–water partition coefficient (Wildman–Crippen LogP) is 5.66. The van der Waals surface area contributed by atoms with Gasteiger partial charge in [-0.2, -0.15) is 0 Å². The lowest BCUT2D eigenvalue weighted by atomic mass is 10.2. The molecule has 0 aliphatic carbocycles. The number of unbranched alkanes of at least 4 members (excludes halogenated alkanes) is 3. The molecule has 0 saturated heterocycles. The fourth-order valence-electron chi connectivity index (χ4n) is 2.16. The third kappa shape index (κ3) is 6.06. The molecule has 1 N–H and O–H groups in total. The number of halogens is 1. The van der Waals surface area contributed by atoms with Crippen LogP contribution in [0.4, 0.5) is 5.69 Å². The first kappa shape index (κ1) is 17.5. The summed E-state index contributed by atoms with van der Waals surface area (Å²) in [6.07, 6.45) is 4.77. The van der Waals surface area contributed by atoms with Gasteiger partial charge in [0, 0.05) is 15.7 Å². The number of amides is 1. The lowest BCUT2D eigenvalue weighted by Gasteiger charge is -2.08. The first-order valence-corrected chi connectivity index (χ1v) is 8.78. The number of carbonyl (C=O) groups excluding carboxylic acids is 1. The summed E-state index contributed by atoms with van der Waals surface area (Å²) in [5.41, 5.74) is 1.39. The van der Waals surface area contributed by atoms with Crippen molar-refractivity contribution in [3.8, 4) is 5.75 Å². The molecular weight excluding hydrogens is 354 g/mol. The minimum Gasteiger partial charge on any atom is -0.494 e. The molecule has 0 radical (unpaired) electrons. The second-order valence-corrected chi connectivity index (χ2v) is 6.31. The van der Waals surface area contributed by atoms with Crippen LogP contribution in [-0.4, -0.2) is 12.5 Å². The van der Waals surface area contributed by atoms with Crippen LogP contribution < -0.4 is 10.1 Å². The van der Waals surface area contributed by atoms with Gasteiger partial charge in [0.1, 0.15) is 5.75 Å². The van der Waals surface area contributed by atoms with Crippen LogP contribution in [0, 0.1) is 0 Å². The molecular formula is C19H22BrNO2. The van der Waals surface area contributed by atoms with E-state index in [-0.39, 0.29) is 5.91 Å². The van der Waals surface area contributed by atoms with E-state index in [9.17, 15) is 4.79 Å². The van der Waals surface area contributed by atoms with Crippen LogP contribution in [0.25, 0.3) is 0 Å². The molecule has 0 spiro atoms. The van der Waals surface area contributed by atoms with E-state index < -0.39 is 0 Å². The molecule has 4 heteroatoms. The van der Waals surface area contributed by atoms with Crippen molar-refractivity contribution >= 4 is 27.5 Å². The largest absolute Gasteiger partial charge is 0.494 e. The maximum Gasteiger partial charge on any atom is 0.255 e. The Kier molecular flexibility index (Phi) is 7.14. The van der Waals surface area contributed by atoms with Gasteiger partial charge in [0.15, 0.2) is 0 Å². The zero-order valence-corrected chi connectivity index (χ0v) is 14.9. The Morgan fingerprint density at radius 2 is 1.70 bits per heavy atom. The molecule has 0 aliphatic heterocycles. The van der Waals surface area contributed by atoms with E-state index in [2.05, 4.69) is 28.2 Å². The number of carbonyl (C=O) groups is 1. The monoisotopic (exact) mass is 375 g/mol. The molecule has 2 aromatic rings. The molecule has 0 aromatic heterocycles. The van der Waals surface area contributed by atoms with E-state index >= 15 is 0 Å². The molecule has 1 amide bonds. The maximum atomic E-state index is 12.1. The molecule has 0 aliphatic rings. The Bertz CT molecular complexity index is 608. The number of anilines is 1. The highest BCUT2D eigenvalue weighted by Crippen LogP contribution is 2.18. The van der Waals surface area contributed by atoms with Crippen molar-refractivity contribution in [3.63, 3.8) is 0 Å². The quantitative estimate of drug-likeness (QED) is 0.604. The van der Waals surface area contributed by atoms with E-state index in [4.69, 9.17) is 4.74 Å². The van der Waals surface area contributed by atoms with E-state index in [0.717, 1.165) is 28.9 Å². The number of hydrogen-bond acceptors (Lipinski definition) is 2. The van der Waals surface area contributed by atoms with Crippen molar-refractivity contribution in [2.24, 2.45) is 0 Å². The minimum atomic E-state index is -0.120. The lowest BCUT2D eigenvalue weighted by Crippen LogP contribution is -2.11. The van der Waals surface area contributed by atoms with Gasteiger partial charge in [-0.15, -0.1) is 0 Å². The van der Waals surface area contributed by atoms with Crippen molar-refractivity contribution < 1.29 is 9.53 Å². The second kappa shape index (κ2) is 9.36. The molecule has 2 rings (SSSR count). The minimum absolute atomic E-state index is 0.120. The highest BCUT2D eigenvalue weighted by molar-refractivity contribution is 9.10. The summed E-state index contributed by atoms with van der Waals surface area (Å²) in [5, 5.41) is 2.88. The summed E-state index contributed by atoms with van der Waals surface area (Å²) in [6.45, 7) is 2.94. The molecule has 0 fully saturated rings. The third-order valence-corrected chi connectivity index (χ3v) is 4.01. The van der Waals surface area contributed by atoms with Gasteiger partial charge in [0.2, 0.25) is 0 Å². The summed E-state index contributed by atoms with van der Waals surface area (Å²) in [5.74, 6) is 0.717. The second-order valence-electron chi connectivity index (χ2n) is 5.39. The van der Waals surface area contributed by atoms with E-state index in [0.29, 0.717) is 5.56 Å². The summed E-state index contributed by atoms with van der Waals surface area (Å²) in [6, 6.07) is 14.8. The van der Waals surface area contributed by atoms with Crippen LogP contribution in [0.3, 0.4) is 0 Å². The Morgan fingerprint density at radius 1 is 1.00 bits per heavy atom. The Hall–Kier alpha value is -1.81. The molecule has 0 saturated carbocycles. The number of benzene rings is 2. The molecule has 0 unspecified atom stereocenters. The van der Waals surface area contributed by atoms with Crippen LogP contribution in [0.1, 0.15) is 43.0 Å². The van der Waals surface area contributed by atoms with Crippen molar-refractivity contribution in [1.29, 1.82) is 0 Å². The Labute approximate surface area is 146 Å². The van der Waals surface area contributed by atoms with Crippen molar-refractivity contribution in [2.45, 2.75) is 32.6 Å². The van der Waals surface area contributed by atoms with Gasteiger partial charge in [0.25, 0.3) is 5.91 Å². The van der Waals surface area contributed by atoms with E-state index in [1.165, 1.54) is 19.3 Å². The zero-order valence-electron chi connectivity index (χ0n) is 13.3. The normalized spacial score (nSPS) is 10.3. The Balaban J connectivity index is 1.82. The van der Waals surface area contributed by atoms with Crippen LogP contribution in [0.5, 0.6) is 5.75 Å². The standard InChI is InChI=1S/C19H22BrNO2/c1-2-3-4-5-14-23-18-12-10-17(11-13-18)21-19(22)15-6-8-16(20)9-7-15/h6-13H,2-5,14H2,1H3,(H,21,22). The fourth-order valence-corrected chi connectivity index (χ4v) is 2.42. The number of ether oxygens (including phenoxy) is 1. The first-order valence-electron chi connectivity index (χ1n) is 7.99. The zero-order chi connectivity index (χ0) is 16.5. The van der Waals surface area contributed by atoms with E-state index in [1.54, 1.807) is 12.1 Å². The van der Waals surface area contributed by atoms with Crippen LogP contribution in [-0.2, 0) is 0 Å². The van der Waals surface area contributed by atoms with Crippen LogP contribution >= 0.6 is 15.9 Å². The van der Waals surface area contributed by atoms with Crippen molar-refractivity contribution in [3.05, 3.63) is 58.6 Å². The molecule has 2 aromatic carbocycles. The summed E-state index contributed by atoms with van der Waals surface area (Å²) in [7, 11) is 0. The molecule has 0 bridgehead atoms. The van der Waals surface area contributed by atoms with Gasteiger partial charge in [-0.1, -0.05) is 42.1 Å². The average molecular weight is 376 g/mol. The number of nitrogens with one attached hydrogen (secondary N) is 1. The molecule has 122 valence electrons. The van der Waals surface area contributed by atoms with Gasteiger partial charge in [-0.25, -0.2) is 0 Å². The number of rotatable bonds is 8. The molecule has 0 atom stereocenters. The predicted molar refractivity (Wildman–Crippen MR) is 98.2 cm³/mol. The van der Waals surface area contributed by atoms with Gasteiger partial charge in [0.05, 0.1) is 6.61 Å². The fraction of sp³-hybridized carbons (Fsp3) is 0.316. The van der Waals surface area contributed by atoms with Gasteiger partial charge < -0.3 is 10.1 Å². The highest BCUT2D eigenvalue weighted by Gasteiger charge is 2.05. The topological polar surface area (TPSA) is 38.3 Å². The van der Waals surface area contributed by atoms with E-state index in [1.807, 2.05) is 36.4 Å².